The van der Waals surface area contributed by atoms with Gasteiger partial charge in [0.15, 0.2) is 11.6 Å². The van der Waals surface area contributed by atoms with Gasteiger partial charge in [-0.3, -0.25) is 4.79 Å². The normalized spacial score (nSPS) is 15.2. The Bertz CT molecular complexity index is 894. The lowest BCUT2D eigenvalue weighted by atomic mass is 10.1. The summed E-state index contributed by atoms with van der Waals surface area (Å²) in [4.78, 5) is 12.2. The molecular formula is C22H24FNO4. The van der Waals surface area contributed by atoms with Gasteiger partial charge in [0.1, 0.15) is 17.6 Å². The Morgan fingerprint density at radius 1 is 1.32 bits per heavy atom. The fourth-order valence-electron chi connectivity index (χ4n) is 3.11. The number of hydrogen-bond acceptors (Lipinski definition) is 4. The second kappa shape index (κ2) is 8.78. The highest BCUT2D eigenvalue weighted by molar-refractivity contribution is 5.91. The highest BCUT2D eigenvalue weighted by atomic mass is 19.1. The van der Waals surface area contributed by atoms with Crippen LogP contribution in [0.25, 0.3) is 6.08 Å². The predicted octanol–water partition coefficient (Wildman–Crippen LogP) is 3.89. The SMILES string of the molecule is CCOc1cc2c(cc1CNC(=O)/C=C/c1ccc(OC)c(F)c1)O[C@H](C)C2. The number of methoxy groups -OCH3 is 1. The van der Waals surface area contributed by atoms with Gasteiger partial charge in [0.05, 0.1) is 13.7 Å². The average molecular weight is 385 g/mol. The fraction of sp³-hybridized carbons (Fsp3) is 0.318. The van der Waals surface area contributed by atoms with Gasteiger partial charge >= 0.3 is 0 Å². The largest absolute Gasteiger partial charge is 0.494 e. The third kappa shape index (κ3) is 4.63. The van der Waals surface area contributed by atoms with Crippen molar-refractivity contribution >= 4 is 12.0 Å². The van der Waals surface area contributed by atoms with Crippen molar-refractivity contribution < 1.29 is 23.4 Å². The quantitative estimate of drug-likeness (QED) is 0.735. The van der Waals surface area contributed by atoms with E-state index in [9.17, 15) is 9.18 Å². The van der Waals surface area contributed by atoms with Gasteiger partial charge in [-0.1, -0.05) is 6.07 Å². The Balaban J connectivity index is 1.65. The predicted molar refractivity (Wildman–Crippen MR) is 105 cm³/mol. The molecule has 2 aromatic rings. The highest BCUT2D eigenvalue weighted by Crippen LogP contribution is 2.35. The maximum absolute atomic E-state index is 13.7. The molecule has 28 heavy (non-hydrogen) atoms. The zero-order valence-corrected chi connectivity index (χ0v) is 16.3. The minimum Gasteiger partial charge on any atom is -0.494 e. The summed E-state index contributed by atoms with van der Waals surface area (Å²) in [6.45, 7) is 4.79. The van der Waals surface area contributed by atoms with Crippen molar-refractivity contribution in [2.24, 2.45) is 0 Å². The average Bonchev–Trinajstić information content (AvgIpc) is 3.03. The fourth-order valence-corrected chi connectivity index (χ4v) is 3.11. The van der Waals surface area contributed by atoms with E-state index in [2.05, 4.69) is 5.32 Å². The Labute approximate surface area is 164 Å². The molecule has 1 heterocycles. The number of carbonyl (C=O) groups is 1. The zero-order valence-electron chi connectivity index (χ0n) is 16.3. The van der Waals surface area contributed by atoms with E-state index in [1.807, 2.05) is 26.0 Å². The van der Waals surface area contributed by atoms with Crippen molar-refractivity contribution in [3.05, 3.63) is 58.9 Å². The molecule has 148 valence electrons. The van der Waals surface area contributed by atoms with Crippen molar-refractivity contribution in [3.63, 3.8) is 0 Å². The first-order valence-electron chi connectivity index (χ1n) is 9.24. The van der Waals surface area contributed by atoms with Crippen molar-refractivity contribution in [2.45, 2.75) is 32.9 Å². The van der Waals surface area contributed by atoms with Gasteiger partial charge in [-0.05, 0) is 49.8 Å². The molecule has 0 spiro atoms. The minimum atomic E-state index is -0.473. The van der Waals surface area contributed by atoms with Gasteiger partial charge in [-0.25, -0.2) is 4.39 Å². The number of hydrogen-bond donors (Lipinski definition) is 1. The smallest absolute Gasteiger partial charge is 0.244 e. The van der Waals surface area contributed by atoms with E-state index in [0.29, 0.717) is 18.7 Å². The lowest BCUT2D eigenvalue weighted by Crippen LogP contribution is -2.20. The minimum absolute atomic E-state index is 0.141. The molecular weight excluding hydrogens is 361 g/mol. The lowest BCUT2D eigenvalue weighted by Gasteiger charge is -2.13. The number of carbonyl (C=O) groups excluding carboxylic acids is 1. The number of rotatable bonds is 7. The Hall–Kier alpha value is -3.02. The molecule has 0 saturated heterocycles. The molecule has 1 N–H and O–H groups in total. The standard InChI is InChI=1S/C22H24FNO4/c1-4-27-20-11-16-9-14(2)28-21(16)12-17(20)13-24-22(25)8-6-15-5-7-19(26-3)18(23)10-15/h5-8,10-12,14H,4,9,13H2,1-3H3,(H,24,25)/b8-6+/t14-/m1/s1. The van der Waals surface area contributed by atoms with E-state index >= 15 is 0 Å². The van der Waals surface area contributed by atoms with E-state index in [0.717, 1.165) is 29.0 Å². The van der Waals surface area contributed by atoms with Crippen LogP contribution in [0.15, 0.2) is 36.4 Å². The molecule has 1 aliphatic rings. The molecule has 0 saturated carbocycles. The maximum atomic E-state index is 13.7. The second-order valence-electron chi connectivity index (χ2n) is 6.58. The molecule has 0 bridgehead atoms. The first-order chi connectivity index (χ1) is 13.5. The summed E-state index contributed by atoms with van der Waals surface area (Å²) in [5.74, 6) is 0.996. The molecule has 0 aliphatic carbocycles. The van der Waals surface area contributed by atoms with E-state index in [1.54, 1.807) is 12.1 Å². The van der Waals surface area contributed by atoms with Gasteiger partial charge in [-0.2, -0.15) is 0 Å². The lowest BCUT2D eigenvalue weighted by molar-refractivity contribution is -0.116. The van der Waals surface area contributed by atoms with Crippen molar-refractivity contribution in [1.29, 1.82) is 0 Å². The molecule has 1 aliphatic heterocycles. The van der Waals surface area contributed by atoms with Crippen LogP contribution in [0, 0.1) is 5.82 Å². The molecule has 0 aromatic heterocycles. The van der Waals surface area contributed by atoms with Crippen LogP contribution in [0.3, 0.4) is 0 Å². The topological polar surface area (TPSA) is 56.8 Å². The molecule has 1 atom stereocenters. The van der Waals surface area contributed by atoms with Gasteiger partial charge in [0.25, 0.3) is 0 Å². The Kier molecular flexibility index (Phi) is 6.19. The molecule has 0 unspecified atom stereocenters. The van der Waals surface area contributed by atoms with Crippen LogP contribution >= 0.6 is 0 Å². The number of amides is 1. The van der Waals surface area contributed by atoms with E-state index in [-0.39, 0.29) is 17.8 Å². The molecule has 2 aromatic carbocycles. The van der Waals surface area contributed by atoms with Crippen LogP contribution in [0.2, 0.25) is 0 Å². The summed E-state index contributed by atoms with van der Waals surface area (Å²) < 4.78 is 30.1. The van der Waals surface area contributed by atoms with Gasteiger partial charge in [-0.15, -0.1) is 0 Å². The van der Waals surface area contributed by atoms with Gasteiger partial charge < -0.3 is 19.5 Å². The summed E-state index contributed by atoms with van der Waals surface area (Å²) >= 11 is 0. The van der Waals surface area contributed by atoms with Crippen LogP contribution in [0.4, 0.5) is 4.39 Å². The summed E-state index contributed by atoms with van der Waals surface area (Å²) in [5.41, 5.74) is 2.54. The molecule has 3 rings (SSSR count). The number of fused-ring (bicyclic) bond motifs is 1. The summed E-state index contributed by atoms with van der Waals surface area (Å²) in [6.07, 6.45) is 3.91. The molecule has 6 heteroatoms. The number of benzene rings is 2. The van der Waals surface area contributed by atoms with E-state index in [4.69, 9.17) is 14.2 Å². The van der Waals surface area contributed by atoms with Gasteiger partial charge in [0, 0.05) is 30.2 Å². The van der Waals surface area contributed by atoms with Crippen LogP contribution in [-0.4, -0.2) is 25.7 Å². The van der Waals surface area contributed by atoms with Crippen molar-refractivity contribution in [3.8, 4) is 17.2 Å². The summed E-state index contributed by atoms with van der Waals surface area (Å²) in [7, 11) is 1.41. The number of ether oxygens (including phenoxy) is 3. The maximum Gasteiger partial charge on any atom is 0.244 e. The van der Waals surface area contributed by atoms with Crippen molar-refractivity contribution in [2.75, 3.05) is 13.7 Å². The van der Waals surface area contributed by atoms with Gasteiger partial charge in [0.2, 0.25) is 5.91 Å². The molecule has 0 fully saturated rings. The third-order valence-electron chi connectivity index (χ3n) is 4.44. The number of nitrogens with one attached hydrogen (secondary N) is 1. The van der Waals surface area contributed by atoms with Crippen LogP contribution in [0.5, 0.6) is 17.2 Å². The third-order valence-corrected chi connectivity index (χ3v) is 4.44. The highest BCUT2D eigenvalue weighted by Gasteiger charge is 2.21. The Morgan fingerprint density at radius 2 is 2.14 bits per heavy atom. The van der Waals surface area contributed by atoms with E-state index in [1.165, 1.54) is 25.3 Å². The first-order valence-corrected chi connectivity index (χ1v) is 9.24. The van der Waals surface area contributed by atoms with Crippen molar-refractivity contribution in [1.82, 2.24) is 5.32 Å². The monoisotopic (exact) mass is 385 g/mol. The molecule has 5 nitrogen and oxygen atoms in total. The molecule has 0 radical (unpaired) electrons. The van der Waals surface area contributed by atoms with E-state index < -0.39 is 5.82 Å². The zero-order chi connectivity index (χ0) is 20.1. The molecule has 1 amide bonds. The number of halogens is 1. The second-order valence-corrected chi connectivity index (χ2v) is 6.58. The Morgan fingerprint density at radius 3 is 2.86 bits per heavy atom. The summed E-state index contributed by atoms with van der Waals surface area (Å²) in [6, 6.07) is 8.42. The van der Waals surface area contributed by atoms with Crippen LogP contribution in [-0.2, 0) is 17.8 Å². The summed E-state index contributed by atoms with van der Waals surface area (Å²) in [5, 5.41) is 2.83. The van der Waals surface area contributed by atoms with Crippen LogP contribution in [0.1, 0.15) is 30.5 Å². The van der Waals surface area contributed by atoms with Crippen LogP contribution < -0.4 is 19.5 Å². The first kappa shape index (κ1) is 19.7.